The molecule has 0 spiro atoms. The van der Waals surface area contributed by atoms with Crippen LogP contribution >= 0.6 is 0 Å². The van der Waals surface area contributed by atoms with E-state index in [1.807, 2.05) is 0 Å². The molecule has 1 amide bonds. The first-order valence-corrected chi connectivity index (χ1v) is 9.51. The number of anilines is 2. The minimum Gasteiger partial charge on any atom is -0.492 e. The predicted molar refractivity (Wildman–Crippen MR) is 102 cm³/mol. The number of hydrogen-bond acceptors (Lipinski definition) is 5. The van der Waals surface area contributed by atoms with Crippen LogP contribution in [0.25, 0.3) is 0 Å². The second-order valence-electron chi connectivity index (χ2n) is 5.85. The number of carbonyl (C=O) groups is 1. The summed E-state index contributed by atoms with van der Waals surface area (Å²) in [5.41, 5.74) is 7.45. The van der Waals surface area contributed by atoms with E-state index >= 15 is 0 Å². The third-order valence-corrected chi connectivity index (χ3v) is 5.47. The van der Waals surface area contributed by atoms with Crippen LogP contribution in [-0.2, 0) is 21.2 Å². The standard InChI is InChI=1S/C18H23N3O4S/c1-4-25-16-10-9-15(12-17(16)26(23,24)21(2)3)20-18(22)11-13-5-7-14(19)8-6-13/h5-10,12H,4,11,19H2,1-3H3,(H,20,22). The highest BCUT2D eigenvalue weighted by Gasteiger charge is 2.23. The van der Waals surface area contributed by atoms with Gasteiger partial charge in [-0.25, -0.2) is 12.7 Å². The summed E-state index contributed by atoms with van der Waals surface area (Å²) in [6, 6.07) is 11.5. The topological polar surface area (TPSA) is 102 Å². The van der Waals surface area contributed by atoms with Gasteiger partial charge in [-0.15, -0.1) is 0 Å². The van der Waals surface area contributed by atoms with Crippen LogP contribution in [0.2, 0.25) is 0 Å². The fourth-order valence-corrected chi connectivity index (χ4v) is 3.34. The van der Waals surface area contributed by atoms with Crippen molar-refractivity contribution in [2.75, 3.05) is 31.8 Å². The van der Waals surface area contributed by atoms with Crippen LogP contribution in [0.5, 0.6) is 5.75 Å². The number of nitrogen functional groups attached to an aromatic ring is 1. The summed E-state index contributed by atoms with van der Waals surface area (Å²) in [6.45, 7) is 2.10. The van der Waals surface area contributed by atoms with E-state index in [-0.39, 0.29) is 23.0 Å². The maximum Gasteiger partial charge on any atom is 0.246 e. The molecule has 26 heavy (non-hydrogen) atoms. The monoisotopic (exact) mass is 377 g/mol. The third-order valence-electron chi connectivity index (χ3n) is 3.63. The SMILES string of the molecule is CCOc1ccc(NC(=O)Cc2ccc(N)cc2)cc1S(=O)(=O)N(C)C. The second kappa shape index (κ2) is 8.20. The van der Waals surface area contributed by atoms with Crippen molar-refractivity contribution in [3.05, 3.63) is 48.0 Å². The molecule has 0 heterocycles. The van der Waals surface area contributed by atoms with Gasteiger partial charge in [-0.05, 0) is 42.8 Å². The van der Waals surface area contributed by atoms with Gasteiger partial charge in [0.25, 0.3) is 0 Å². The molecule has 140 valence electrons. The first kappa shape index (κ1) is 19.7. The Morgan fingerprint density at radius 3 is 2.38 bits per heavy atom. The molecule has 0 aliphatic heterocycles. The molecular weight excluding hydrogens is 354 g/mol. The van der Waals surface area contributed by atoms with E-state index in [2.05, 4.69) is 5.32 Å². The predicted octanol–water partition coefficient (Wildman–Crippen LogP) is 2.10. The van der Waals surface area contributed by atoms with Crippen LogP contribution in [0.3, 0.4) is 0 Å². The summed E-state index contributed by atoms with van der Waals surface area (Å²) in [5.74, 6) is -0.00938. The zero-order valence-electron chi connectivity index (χ0n) is 15.0. The fraction of sp³-hybridized carbons (Fsp3) is 0.278. The van der Waals surface area contributed by atoms with Gasteiger partial charge in [-0.2, -0.15) is 0 Å². The normalized spacial score (nSPS) is 11.4. The summed E-state index contributed by atoms with van der Waals surface area (Å²) in [4.78, 5) is 12.2. The number of sulfonamides is 1. The Morgan fingerprint density at radius 1 is 1.15 bits per heavy atom. The molecular formula is C18H23N3O4S. The number of nitrogens with zero attached hydrogens (tertiary/aromatic N) is 1. The lowest BCUT2D eigenvalue weighted by Crippen LogP contribution is -2.23. The van der Waals surface area contributed by atoms with Gasteiger partial charge in [0.1, 0.15) is 10.6 Å². The summed E-state index contributed by atoms with van der Waals surface area (Å²) in [7, 11) is -0.825. The zero-order chi connectivity index (χ0) is 19.3. The largest absolute Gasteiger partial charge is 0.492 e. The van der Waals surface area contributed by atoms with Gasteiger partial charge in [0.2, 0.25) is 15.9 Å². The lowest BCUT2D eigenvalue weighted by Gasteiger charge is -2.16. The zero-order valence-corrected chi connectivity index (χ0v) is 15.8. The molecule has 0 radical (unpaired) electrons. The number of rotatable bonds is 7. The Labute approximate surface area is 153 Å². The van der Waals surface area contributed by atoms with Gasteiger partial charge < -0.3 is 15.8 Å². The molecule has 2 aromatic carbocycles. The van der Waals surface area contributed by atoms with E-state index in [0.717, 1.165) is 9.87 Å². The summed E-state index contributed by atoms with van der Waals surface area (Å²) < 4.78 is 31.5. The molecule has 0 aliphatic rings. The first-order valence-electron chi connectivity index (χ1n) is 8.07. The van der Waals surface area contributed by atoms with E-state index in [1.54, 1.807) is 43.3 Å². The molecule has 0 aliphatic carbocycles. The van der Waals surface area contributed by atoms with Gasteiger partial charge >= 0.3 is 0 Å². The van der Waals surface area contributed by atoms with Gasteiger partial charge in [-0.1, -0.05) is 12.1 Å². The average molecular weight is 377 g/mol. The molecule has 0 atom stereocenters. The first-order chi connectivity index (χ1) is 12.2. The van der Waals surface area contributed by atoms with Crippen molar-refractivity contribution in [2.24, 2.45) is 0 Å². The van der Waals surface area contributed by atoms with Crippen LogP contribution in [0.15, 0.2) is 47.4 Å². The maximum atomic E-state index is 12.5. The van der Waals surface area contributed by atoms with Crippen molar-refractivity contribution in [2.45, 2.75) is 18.2 Å². The van der Waals surface area contributed by atoms with Crippen molar-refractivity contribution in [3.63, 3.8) is 0 Å². The van der Waals surface area contributed by atoms with E-state index in [4.69, 9.17) is 10.5 Å². The average Bonchev–Trinajstić information content (AvgIpc) is 2.58. The van der Waals surface area contributed by atoms with Gasteiger partial charge in [-0.3, -0.25) is 4.79 Å². The van der Waals surface area contributed by atoms with Gasteiger partial charge in [0.05, 0.1) is 13.0 Å². The van der Waals surface area contributed by atoms with E-state index in [0.29, 0.717) is 18.0 Å². The quantitative estimate of drug-likeness (QED) is 0.720. The molecule has 0 saturated heterocycles. The molecule has 3 N–H and O–H groups in total. The molecule has 0 bridgehead atoms. The van der Waals surface area contributed by atoms with Crippen LogP contribution in [0, 0.1) is 0 Å². The van der Waals surface area contributed by atoms with Crippen molar-refractivity contribution in [3.8, 4) is 5.75 Å². The Kier molecular flexibility index (Phi) is 6.23. The Morgan fingerprint density at radius 2 is 1.81 bits per heavy atom. The number of nitrogens with one attached hydrogen (secondary N) is 1. The summed E-state index contributed by atoms with van der Waals surface area (Å²) in [5, 5.41) is 2.72. The molecule has 0 fully saturated rings. The minimum absolute atomic E-state index is 0.00892. The van der Waals surface area contributed by atoms with Crippen molar-refractivity contribution < 1.29 is 17.9 Å². The highest BCUT2D eigenvalue weighted by molar-refractivity contribution is 7.89. The molecule has 0 saturated carbocycles. The molecule has 8 heteroatoms. The van der Waals surface area contributed by atoms with Crippen molar-refractivity contribution >= 4 is 27.3 Å². The molecule has 7 nitrogen and oxygen atoms in total. The molecule has 2 aromatic rings. The van der Waals surface area contributed by atoms with Crippen molar-refractivity contribution in [1.29, 1.82) is 0 Å². The van der Waals surface area contributed by atoms with Gasteiger partial charge in [0.15, 0.2) is 0 Å². The number of benzene rings is 2. The number of nitrogens with two attached hydrogens (primary N) is 1. The van der Waals surface area contributed by atoms with E-state index < -0.39 is 10.0 Å². The highest BCUT2D eigenvalue weighted by Crippen LogP contribution is 2.29. The number of hydrogen-bond donors (Lipinski definition) is 2. The van der Waals surface area contributed by atoms with E-state index in [1.165, 1.54) is 20.2 Å². The highest BCUT2D eigenvalue weighted by atomic mass is 32.2. The molecule has 0 unspecified atom stereocenters. The number of carbonyl (C=O) groups excluding carboxylic acids is 1. The number of ether oxygens (including phenoxy) is 1. The lowest BCUT2D eigenvalue weighted by molar-refractivity contribution is -0.115. The lowest BCUT2D eigenvalue weighted by atomic mass is 10.1. The van der Waals surface area contributed by atoms with Crippen LogP contribution < -0.4 is 15.8 Å². The van der Waals surface area contributed by atoms with Crippen LogP contribution in [0.1, 0.15) is 12.5 Å². The van der Waals surface area contributed by atoms with E-state index in [9.17, 15) is 13.2 Å². The van der Waals surface area contributed by atoms with Crippen LogP contribution in [-0.4, -0.2) is 39.3 Å². The van der Waals surface area contributed by atoms with Gasteiger partial charge in [0, 0.05) is 25.5 Å². The molecule has 2 rings (SSSR count). The van der Waals surface area contributed by atoms with Crippen LogP contribution in [0.4, 0.5) is 11.4 Å². The van der Waals surface area contributed by atoms with Crippen molar-refractivity contribution in [1.82, 2.24) is 4.31 Å². The Hall–Kier alpha value is -2.58. The minimum atomic E-state index is -3.71. The smallest absolute Gasteiger partial charge is 0.246 e. The number of amides is 1. The summed E-state index contributed by atoms with van der Waals surface area (Å²) >= 11 is 0. The summed E-state index contributed by atoms with van der Waals surface area (Å²) in [6.07, 6.45) is 0.156. The Bertz CT molecular complexity index is 878. The molecule has 0 aromatic heterocycles. The Balaban J connectivity index is 2.24. The fourth-order valence-electron chi connectivity index (χ4n) is 2.28. The third kappa shape index (κ3) is 4.74. The second-order valence-corrected chi connectivity index (χ2v) is 7.97. The maximum absolute atomic E-state index is 12.5.